The van der Waals surface area contributed by atoms with Gasteiger partial charge < -0.3 is 0 Å². The second-order valence-electron chi connectivity index (χ2n) is 5.66. The van der Waals surface area contributed by atoms with Crippen LogP contribution in [0.4, 0.5) is 5.69 Å². The second kappa shape index (κ2) is 7.77. The van der Waals surface area contributed by atoms with Crippen LogP contribution < -0.4 is 4.31 Å². The van der Waals surface area contributed by atoms with Gasteiger partial charge in [-0.05, 0) is 35.9 Å². The number of benzene rings is 3. The van der Waals surface area contributed by atoms with Gasteiger partial charge in [0.25, 0.3) is 10.0 Å². The molecule has 132 valence electrons. The molecule has 0 amide bonds. The highest BCUT2D eigenvalue weighted by Gasteiger charge is 2.26. The average molecular weight is 384 g/mol. The third kappa shape index (κ3) is 3.66. The van der Waals surface area contributed by atoms with E-state index < -0.39 is 10.0 Å². The summed E-state index contributed by atoms with van der Waals surface area (Å²) in [7, 11) is -3.76. The molecule has 3 aromatic rings. The molecule has 0 aliphatic carbocycles. The zero-order valence-electron chi connectivity index (χ0n) is 14.0. The van der Waals surface area contributed by atoms with Gasteiger partial charge in [0, 0.05) is 10.6 Å². The molecule has 0 fully saturated rings. The minimum absolute atomic E-state index is 0.162. The molecule has 0 heterocycles. The normalized spacial score (nSPS) is 11.1. The van der Waals surface area contributed by atoms with Crippen LogP contribution in [0.3, 0.4) is 0 Å². The first-order valence-corrected chi connectivity index (χ1v) is 9.89. The first-order chi connectivity index (χ1) is 12.5. The van der Waals surface area contributed by atoms with Gasteiger partial charge in [0.1, 0.15) is 0 Å². The van der Waals surface area contributed by atoms with Gasteiger partial charge in [-0.3, -0.25) is 4.31 Å². The van der Waals surface area contributed by atoms with Crippen molar-refractivity contribution in [1.82, 2.24) is 0 Å². The van der Waals surface area contributed by atoms with E-state index in [1.165, 1.54) is 16.4 Å². The lowest BCUT2D eigenvalue weighted by atomic mass is 10.0. The maximum absolute atomic E-state index is 13.3. The van der Waals surface area contributed by atoms with E-state index in [0.29, 0.717) is 10.7 Å². The largest absolute Gasteiger partial charge is 0.264 e. The maximum atomic E-state index is 13.3. The Kier molecular flexibility index (Phi) is 5.45. The third-order valence-corrected chi connectivity index (χ3v) is 6.00. The molecular weight excluding hydrogens is 366 g/mol. The number of anilines is 1. The van der Waals surface area contributed by atoms with Crippen molar-refractivity contribution < 1.29 is 8.42 Å². The summed E-state index contributed by atoms with van der Waals surface area (Å²) in [4.78, 5) is 0.187. The second-order valence-corrected chi connectivity index (χ2v) is 7.96. The zero-order valence-corrected chi connectivity index (χ0v) is 15.6. The third-order valence-electron chi connectivity index (χ3n) is 3.95. The van der Waals surface area contributed by atoms with E-state index in [-0.39, 0.29) is 11.4 Å². The van der Waals surface area contributed by atoms with E-state index in [0.717, 1.165) is 11.1 Å². The van der Waals surface area contributed by atoms with Gasteiger partial charge in [-0.1, -0.05) is 66.2 Å². The fourth-order valence-electron chi connectivity index (χ4n) is 2.73. The van der Waals surface area contributed by atoms with E-state index in [1.54, 1.807) is 24.3 Å². The molecule has 3 aromatic carbocycles. The zero-order chi connectivity index (χ0) is 18.6. The molecule has 0 aliphatic heterocycles. The van der Waals surface area contributed by atoms with Crippen molar-refractivity contribution in [2.75, 3.05) is 10.8 Å². The molecule has 26 heavy (non-hydrogen) atoms. The van der Waals surface area contributed by atoms with Crippen LogP contribution in [-0.2, 0) is 10.0 Å². The number of hydrogen-bond acceptors (Lipinski definition) is 2. The van der Waals surface area contributed by atoms with Crippen molar-refractivity contribution in [2.24, 2.45) is 0 Å². The smallest absolute Gasteiger partial charge is 0.262 e. The minimum Gasteiger partial charge on any atom is -0.262 e. The fourth-order valence-corrected chi connectivity index (χ4v) is 4.31. The summed E-state index contributed by atoms with van der Waals surface area (Å²) in [6.07, 6.45) is 1.58. The van der Waals surface area contributed by atoms with Gasteiger partial charge in [-0.25, -0.2) is 8.42 Å². The lowest BCUT2D eigenvalue weighted by molar-refractivity contribution is 0.593. The Labute approximate surface area is 159 Å². The quantitative estimate of drug-likeness (QED) is 0.535. The van der Waals surface area contributed by atoms with Gasteiger partial charge in [0.05, 0.1) is 17.1 Å². The van der Waals surface area contributed by atoms with Gasteiger partial charge >= 0.3 is 0 Å². The minimum atomic E-state index is -3.76. The van der Waals surface area contributed by atoms with Crippen LogP contribution >= 0.6 is 11.6 Å². The molecule has 0 saturated carbocycles. The molecule has 0 bridgehead atoms. The maximum Gasteiger partial charge on any atom is 0.264 e. The molecule has 0 unspecified atom stereocenters. The summed E-state index contributed by atoms with van der Waals surface area (Å²) < 4.78 is 27.9. The predicted molar refractivity (Wildman–Crippen MR) is 108 cm³/mol. The van der Waals surface area contributed by atoms with Gasteiger partial charge in [-0.15, -0.1) is 6.58 Å². The topological polar surface area (TPSA) is 37.4 Å². The standard InChI is InChI=1S/C21H18ClNO2S/c1-2-16-23(26(24,25)19-14-12-18(22)13-15-19)21-11-7-6-10-20(21)17-8-4-3-5-9-17/h2-15H,1,16H2. The van der Waals surface area contributed by atoms with Gasteiger partial charge in [0.15, 0.2) is 0 Å². The molecule has 0 radical (unpaired) electrons. The SMILES string of the molecule is C=CCN(c1ccccc1-c1ccccc1)S(=O)(=O)c1ccc(Cl)cc1. The highest BCUT2D eigenvalue weighted by molar-refractivity contribution is 7.92. The Morgan fingerprint density at radius 1 is 0.885 bits per heavy atom. The van der Waals surface area contributed by atoms with Crippen LogP contribution in [0.15, 0.2) is 96.4 Å². The van der Waals surface area contributed by atoms with Crippen molar-refractivity contribution in [3.63, 3.8) is 0 Å². The number of halogens is 1. The molecule has 0 aromatic heterocycles. The fraction of sp³-hybridized carbons (Fsp3) is 0.0476. The van der Waals surface area contributed by atoms with Crippen molar-refractivity contribution >= 4 is 27.3 Å². The summed E-state index contributed by atoms with van der Waals surface area (Å²) in [6, 6.07) is 23.3. The van der Waals surface area contributed by atoms with E-state index in [9.17, 15) is 8.42 Å². The number of nitrogens with zero attached hydrogens (tertiary/aromatic N) is 1. The Morgan fingerprint density at radius 3 is 2.15 bits per heavy atom. The first-order valence-electron chi connectivity index (χ1n) is 8.07. The highest BCUT2D eigenvalue weighted by Crippen LogP contribution is 2.34. The van der Waals surface area contributed by atoms with Crippen LogP contribution in [0.25, 0.3) is 11.1 Å². The molecule has 3 nitrogen and oxygen atoms in total. The van der Waals surface area contributed by atoms with Crippen LogP contribution in [0.1, 0.15) is 0 Å². The van der Waals surface area contributed by atoms with Crippen LogP contribution in [-0.4, -0.2) is 15.0 Å². The highest BCUT2D eigenvalue weighted by atomic mass is 35.5. The Hall–Kier alpha value is -2.56. The first kappa shape index (κ1) is 18.2. The average Bonchev–Trinajstić information content (AvgIpc) is 2.67. The van der Waals surface area contributed by atoms with Crippen LogP contribution in [0.2, 0.25) is 5.02 Å². The van der Waals surface area contributed by atoms with E-state index >= 15 is 0 Å². The van der Waals surface area contributed by atoms with Crippen molar-refractivity contribution in [3.8, 4) is 11.1 Å². The van der Waals surface area contributed by atoms with Crippen molar-refractivity contribution in [1.29, 1.82) is 0 Å². The summed E-state index contributed by atoms with van der Waals surface area (Å²) in [5.41, 5.74) is 2.39. The summed E-state index contributed by atoms with van der Waals surface area (Å²) in [5, 5.41) is 0.490. The molecular formula is C21H18ClNO2S. The van der Waals surface area contributed by atoms with E-state index in [4.69, 9.17) is 11.6 Å². The number of para-hydroxylation sites is 1. The Morgan fingerprint density at radius 2 is 1.50 bits per heavy atom. The predicted octanol–water partition coefficient (Wildman–Crippen LogP) is 5.39. The monoisotopic (exact) mass is 383 g/mol. The van der Waals surface area contributed by atoms with Crippen LogP contribution in [0, 0.1) is 0 Å². The van der Waals surface area contributed by atoms with Gasteiger partial charge in [-0.2, -0.15) is 0 Å². The Balaban J connectivity index is 2.15. The van der Waals surface area contributed by atoms with E-state index in [1.807, 2.05) is 48.5 Å². The molecule has 0 aliphatic rings. The molecule has 3 rings (SSSR count). The Bertz CT molecular complexity index is 1000. The molecule has 0 saturated heterocycles. The number of rotatable bonds is 6. The lowest BCUT2D eigenvalue weighted by Crippen LogP contribution is -2.31. The molecule has 0 spiro atoms. The molecule has 0 atom stereocenters. The molecule has 0 N–H and O–H groups in total. The lowest BCUT2D eigenvalue weighted by Gasteiger charge is -2.25. The van der Waals surface area contributed by atoms with E-state index in [2.05, 4.69) is 6.58 Å². The number of sulfonamides is 1. The van der Waals surface area contributed by atoms with Crippen LogP contribution in [0.5, 0.6) is 0 Å². The number of hydrogen-bond donors (Lipinski definition) is 0. The van der Waals surface area contributed by atoms with Gasteiger partial charge in [0.2, 0.25) is 0 Å². The summed E-state index contributed by atoms with van der Waals surface area (Å²) in [6.45, 7) is 3.88. The molecule has 5 heteroatoms. The summed E-state index contributed by atoms with van der Waals surface area (Å²) in [5.74, 6) is 0. The summed E-state index contributed by atoms with van der Waals surface area (Å²) >= 11 is 5.90. The van der Waals surface area contributed by atoms with Crippen molar-refractivity contribution in [3.05, 3.63) is 96.5 Å². The van der Waals surface area contributed by atoms with Crippen molar-refractivity contribution in [2.45, 2.75) is 4.90 Å².